The Kier molecular flexibility index (Phi) is 8.64. The van der Waals surface area contributed by atoms with Gasteiger partial charge in [-0.15, -0.1) is 0 Å². The molecule has 0 amide bonds. The molecule has 0 bridgehead atoms. The Balaban J connectivity index is 2.80. The quantitative estimate of drug-likeness (QED) is 0.597. The van der Waals surface area contributed by atoms with Gasteiger partial charge in [0.2, 0.25) is 0 Å². The first-order valence-corrected chi connectivity index (χ1v) is 5.74. The van der Waals surface area contributed by atoms with E-state index in [0.717, 1.165) is 6.54 Å². The molecule has 0 saturated carbocycles. The van der Waals surface area contributed by atoms with Crippen molar-refractivity contribution >= 4 is 11.8 Å². The molecule has 0 fully saturated rings. The molecule has 0 aliphatic heterocycles. The van der Waals surface area contributed by atoms with E-state index in [1.807, 2.05) is 0 Å². The SMILES string of the molecule is CCCCSCCNC(C)C. The Hall–Kier alpha value is 0.310. The van der Waals surface area contributed by atoms with Crippen LogP contribution in [-0.4, -0.2) is 24.1 Å². The van der Waals surface area contributed by atoms with Crippen LogP contribution in [-0.2, 0) is 0 Å². The van der Waals surface area contributed by atoms with Gasteiger partial charge in [0.25, 0.3) is 0 Å². The third kappa shape index (κ3) is 10.3. The first kappa shape index (κ1) is 11.3. The standard InChI is InChI=1S/C9H21NS/c1-4-5-7-11-8-6-10-9(2)3/h9-10H,4-8H2,1-3H3. The van der Waals surface area contributed by atoms with Gasteiger partial charge >= 0.3 is 0 Å². The average Bonchev–Trinajstić information content (AvgIpc) is 1.96. The Morgan fingerprint density at radius 3 is 2.55 bits per heavy atom. The van der Waals surface area contributed by atoms with Crippen molar-refractivity contribution in [3.63, 3.8) is 0 Å². The van der Waals surface area contributed by atoms with Crippen molar-refractivity contribution in [1.29, 1.82) is 0 Å². The molecule has 0 rings (SSSR count). The Labute approximate surface area is 75.3 Å². The van der Waals surface area contributed by atoms with E-state index in [0.29, 0.717) is 6.04 Å². The molecular weight excluding hydrogens is 154 g/mol. The Bertz CT molecular complexity index is 74.0. The topological polar surface area (TPSA) is 12.0 Å². The highest BCUT2D eigenvalue weighted by Crippen LogP contribution is 2.02. The summed E-state index contributed by atoms with van der Waals surface area (Å²) in [6.45, 7) is 7.78. The van der Waals surface area contributed by atoms with Crippen LogP contribution in [0.3, 0.4) is 0 Å². The van der Waals surface area contributed by atoms with Gasteiger partial charge in [-0.05, 0) is 12.2 Å². The third-order valence-electron chi connectivity index (χ3n) is 1.44. The van der Waals surface area contributed by atoms with E-state index >= 15 is 0 Å². The van der Waals surface area contributed by atoms with Gasteiger partial charge in [-0.25, -0.2) is 0 Å². The van der Waals surface area contributed by atoms with Crippen molar-refractivity contribution in [3.05, 3.63) is 0 Å². The third-order valence-corrected chi connectivity index (χ3v) is 2.51. The van der Waals surface area contributed by atoms with Crippen LogP contribution >= 0.6 is 11.8 Å². The molecule has 0 aliphatic carbocycles. The molecule has 1 nitrogen and oxygen atoms in total. The molecule has 68 valence electrons. The minimum atomic E-state index is 0.641. The first-order chi connectivity index (χ1) is 5.27. The van der Waals surface area contributed by atoms with Gasteiger partial charge < -0.3 is 5.32 Å². The summed E-state index contributed by atoms with van der Waals surface area (Å²) in [6.07, 6.45) is 2.69. The molecule has 0 heterocycles. The number of nitrogens with one attached hydrogen (secondary N) is 1. The smallest absolute Gasteiger partial charge is 0.00581 e. The van der Waals surface area contributed by atoms with Gasteiger partial charge in [-0.3, -0.25) is 0 Å². The average molecular weight is 175 g/mol. The van der Waals surface area contributed by atoms with Crippen molar-refractivity contribution in [2.24, 2.45) is 0 Å². The second kappa shape index (κ2) is 8.41. The summed E-state index contributed by atoms with van der Waals surface area (Å²) in [5, 5.41) is 3.40. The fourth-order valence-corrected chi connectivity index (χ4v) is 1.73. The predicted octanol–water partition coefficient (Wildman–Crippen LogP) is 2.52. The highest BCUT2D eigenvalue weighted by atomic mass is 32.2. The number of unbranched alkanes of at least 4 members (excludes halogenated alkanes) is 1. The second-order valence-electron chi connectivity index (χ2n) is 3.07. The van der Waals surface area contributed by atoms with Gasteiger partial charge in [-0.1, -0.05) is 27.2 Å². The largest absolute Gasteiger partial charge is 0.314 e. The van der Waals surface area contributed by atoms with E-state index in [4.69, 9.17) is 0 Å². The highest BCUT2D eigenvalue weighted by Gasteiger charge is 1.91. The van der Waals surface area contributed by atoms with E-state index in [2.05, 4.69) is 37.8 Å². The fraction of sp³-hybridized carbons (Fsp3) is 1.00. The van der Waals surface area contributed by atoms with Gasteiger partial charge in [0, 0.05) is 18.3 Å². The van der Waals surface area contributed by atoms with E-state index in [1.165, 1.54) is 24.3 Å². The monoisotopic (exact) mass is 175 g/mol. The number of thioether (sulfide) groups is 1. The van der Waals surface area contributed by atoms with Crippen LogP contribution in [0, 0.1) is 0 Å². The molecule has 1 N–H and O–H groups in total. The molecule has 0 aromatic rings. The fourth-order valence-electron chi connectivity index (χ4n) is 0.768. The van der Waals surface area contributed by atoms with Crippen molar-refractivity contribution in [3.8, 4) is 0 Å². The molecule has 0 unspecified atom stereocenters. The molecule has 0 aromatic carbocycles. The van der Waals surface area contributed by atoms with E-state index in [9.17, 15) is 0 Å². The summed E-state index contributed by atoms with van der Waals surface area (Å²) < 4.78 is 0. The van der Waals surface area contributed by atoms with Crippen LogP contribution < -0.4 is 5.32 Å². The summed E-state index contributed by atoms with van der Waals surface area (Å²) in [7, 11) is 0. The predicted molar refractivity (Wildman–Crippen MR) is 55.4 cm³/mol. The first-order valence-electron chi connectivity index (χ1n) is 4.58. The molecule has 0 aliphatic rings. The number of hydrogen-bond donors (Lipinski definition) is 1. The number of rotatable bonds is 7. The van der Waals surface area contributed by atoms with Crippen molar-refractivity contribution < 1.29 is 0 Å². The van der Waals surface area contributed by atoms with Gasteiger partial charge in [0.15, 0.2) is 0 Å². The van der Waals surface area contributed by atoms with Crippen molar-refractivity contribution in [2.45, 2.75) is 39.7 Å². The minimum absolute atomic E-state index is 0.641. The van der Waals surface area contributed by atoms with Crippen molar-refractivity contribution in [2.75, 3.05) is 18.1 Å². The zero-order valence-electron chi connectivity index (χ0n) is 8.02. The summed E-state index contributed by atoms with van der Waals surface area (Å²) in [5.41, 5.74) is 0. The summed E-state index contributed by atoms with van der Waals surface area (Å²) >= 11 is 2.06. The summed E-state index contributed by atoms with van der Waals surface area (Å²) in [4.78, 5) is 0. The molecular formula is C9H21NS. The van der Waals surface area contributed by atoms with Crippen LogP contribution in [0.2, 0.25) is 0 Å². The molecule has 0 aromatic heterocycles. The highest BCUT2D eigenvalue weighted by molar-refractivity contribution is 7.99. The zero-order valence-corrected chi connectivity index (χ0v) is 8.84. The lowest BCUT2D eigenvalue weighted by Crippen LogP contribution is -2.25. The van der Waals surface area contributed by atoms with Crippen LogP contribution in [0.1, 0.15) is 33.6 Å². The number of hydrogen-bond acceptors (Lipinski definition) is 2. The van der Waals surface area contributed by atoms with Crippen LogP contribution in [0.4, 0.5) is 0 Å². The van der Waals surface area contributed by atoms with Crippen LogP contribution in [0.5, 0.6) is 0 Å². The molecule has 0 radical (unpaired) electrons. The minimum Gasteiger partial charge on any atom is -0.314 e. The maximum atomic E-state index is 3.40. The van der Waals surface area contributed by atoms with Gasteiger partial charge in [-0.2, -0.15) is 11.8 Å². The van der Waals surface area contributed by atoms with E-state index in [-0.39, 0.29) is 0 Å². The summed E-state index contributed by atoms with van der Waals surface area (Å²) in [6, 6.07) is 0.641. The molecule has 2 heteroatoms. The molecule has 0 atom stereocenters. The summed E-state index contributed by atoms with van der Waals surface area (Å²) in [5.74, 6) is 2.59. The molecule has 0 saturated heterocycles. The van der Waals surface area contributed by atoms with Gasteiger partial charge in [0.1, 0.15) is 0 Å². The van der Waals surface area contributed by atoms with E-state index in [1.54, 1.807) is 0 Å². The maximum absolute atomic E-state index is 3.40. The van der Waals surface area contributed by atoms with Crippen molar-refractivity contribution in [1.82, 2.24) is 5.32 Å². The lowest BCUT2D eigenvalue weighted by Gasteiger charge is -2.06. The molecule has 11 heavy (non-hydrogen) atoms. The normalized spacial score (nSPS) is 10.9. The zero-order chi connectivity index (χ0) is 8.53. The van der Waals surface area contributed by atoms with Gasteiger partial charge in [0.05, 0.1) is 0 Å². The molecule has 0 spiro atoms. The lowest BCUT2D eigenvalue weighted by atomic mass is 10.4. The Morgan fingerprint density at radius 1 is 1.27 bits per heavy atom. The second-order valence-corrected chi connectivity index (χ2v) is 4.30. The maximum Gasteiger partial charge on any atom is 0.00581 e. The van der Waals surface area contributed by atoms with E-state index < -0.39 is 0 Å². The Morgan fingerprint density at radius 2 is 2.00 bits per heavy atom. The van der Waals surface area contributed by atoms with Crippen LogP contribution in [0.25, 0.3) is 0 Å². The lowest BCUT2D eigenvalue weighted by molar-refractivity contribution is 0.616. The van der Waals surface area contributed by atoms with Crippen LogP contribution in [0.15, 0.2) is 0 Å².